The van der Waals surface area contributed by atoms with E-state index in [4.69, 9.17) is 0 Å². The molecule has 1 aromatic rings. The molecule has 0 saturated carbocycles. The highest BCUT2D eigenvalue weighted by atomic mass is 19.4. The Morgan fingerprint density at radius 1 is 1.12 bits per heavy atom. The third kappa shape index (κ3) is 4.87. The molecule has 1 atom stereocenters. The molecule has 0 spiro atoms. The standard InChI is InChI=1S/C16H18F6N2O/c1-23-8-10-3-2-4-24(9-10)14(25)11-5-12(15(17,18)19)7-13(6-11)16(20,21)22/h5-7,10,23H,2-4,8-9H2,1H3. The number of hydrogen-bond donors (Lipinski definition) is 1. The zero-order valence-corrected chi connectivity index (χ0v) is 13.5. The van der Waals surface area contributed by atoms with Crippen molar-refractivity contribution >= 4 is 5.91 Å². The van der Waals surface area contributed by atoms with Crippen LogP contribution in [0.4, 0.5) is 26.3 Å². The summed E-state index contributed by atoms with van der Waals surface area (Å²) in [4.78, 5) is 13.8. The molecule has 0 bridgehead atoms. The first-order valence-electron chi connectivity index (χ1n) is 7.75. The van der Waals surface area contributed by atoms with E-state index in [9.17, 15) is 31.1 Å². The fourth-order valence-corrected chi connectivity index (χ4v) is 2.97. The van der Waals surface area contributed by atoms with E-state index in [0.29, 0.717) is 38.2 Å². The van der Waals surface area contributed by atoms with Gasteiger partial charge in [-0.15, -0.1) is 0 Å². The van der Waals surface area contributed by atoms with Gasteiger partial charge in [0.25, 0.3) is 5.91 Å². The number of nitrogens with zero attached hydrogens (tertiary/aromatic N) is 1. The van der Waals surface area contributed by atoms with E-state index >= 15 is 0 Å². The van der Waals surface area contributed by atoms with Crippen LogP contribution in [0.15, 0.2) is 18.2 Å². The van der Waals surface area contributed by atoms with Crippen molar-refractivity contribution in [3.8, 4) is 0 Å². The molecule has 1 amide bonds. The summed E-state index contributed by atoms with van der Waals surface area (Å²) in [5, 5.41) is 2.96. The lowest BCUT2D eigenvalue weighted by Crippen LogP contribution is -2.42. The minimum absolute atomic E-state index is 0.0246. The molecular formula is C16H18F6N2O. The predicted octanol–water partition coefficient (Wildman–Crippen LogP) is 3.80. The average molecular weight is 368 g/mol. The van der Waals surface area contributed by atoms with E-state index in [2.05, 4.69) is 5.32 Å². The zero-order valence-electron chi connectivity index (χ0n) is 13.5. The van der Waals surface area contributed by atoms with E-state index in [1.165, 1.54) is 4.90 Å². The molecule has 3 nitrogen and oxygen atoms in total. The monoisotopic (exact) mass is 368 g/mol. The molecule has 0 radical (unpaired) electrons. The lowest BCUT2D eigenvalue weighted by Gasteiger charge is -2.33. The Morgan fingerprint density at radius 2 is 1.68 bits per heavy atom. The van der Waals surface area contributed by atoms with Crippen molar-refractivity contribution in [2.24, 2.45) is 5.92 Å². The second-order valence-corrected chi connectivity index (χ2v) is 6.11. The number of carbonyl (C=O) groups is 1. The smallest absolute Gasteiger partial charge is 0.338 e. The number of halogens is 6. The molecule has 140 valence electrons. The van der Waals surface area contributed by atoms with Crippen molar-refractivity contribution in [1.29, 1.82) is 0 Å². The second-order valence-electron chi connectivity index (χ2n) is 6.11. The molecule has 9 heteroatoms. The van der Waals surface area contributed by atoms with Crippen LogP contribution in [-0.4, -0.2) is 37.5 Å². The molecule has 1 fully saturated rings. The van der Waals surface area contributed by atoms with Crippen LogP contribution in [0, 0.1) is 5.92 Å². The average Bonchev–Trinajstić information content (AvgIpc) is 2.52. The van der Waals surface area contributed by atoms with Crippen molar-refractivity contribution in [2.75, 3.05) is 26.7 Å². The van der Waals surface area contributed by atoms with Crippen molar-refractivity contribution in [2.45, 2.75) is 25.2 Å². The summed E-state index contributed by atoms with van der Waals surface area (Å²) < 4.78 is 77.4. The maximum absolute atomic E-state index is 12.9. The summed E-state index contributed by atoms with van der Waals surface area (Å²) in [6.45, 7) is 1.24. The lowest BCUT2D eigenvalue weighted by molar-refractivity contribution is -0.143. The van der Waals surface area contributed by atoms with Crippen LogP contribution < -0.4 is 5.32 Å². The topological polar surface area (TPSA) is 32.3 Å². The van der Waals surface area contributed by atoms with Gasteiger partial charge < -0.3 is 10.2 Å². The van der Waals surface area contributed by atoms with E-state index in [1.807, 2.05) is 0 Å². The summed E-state index contributed by atoms with van der Waals surface area (Å²) in [6.07, 6.45) is -8.43. The normalized spacial score (nSPS) is 19.2. The molecule has 1 aliphatic heterocycles. The van der Waals surface area contributed by atoms with Gasteiger partial charge in [-0.2, -0.15) is 26.3 Å². The summed E-state index contributed by atoms with van der Waals surface area (Å²) >= 11 is 0. The first kappa shape index (κ1) is 19.6. The second kappa shape index (κ2) is 7.23. The Labute approximate surface area is 141 Å². The highest BCUT2D eigenvalue weighted by Gasteiger charge is 2.38. The van der Waals surface area contributed by atoms with Crippen molar-refractivity contribution in [3.63, 3.8) is 0 Å². The number of carbonyl (C=O) groups excluding carboxylic acids is 1. The molecule has 25 heavy (non-hydrogen) atoms. The Kier molecular flexibility index (Phi) is 5.65. The maximum Gasteiger partial charge on any atom is 0.416 e. The van der Waals surface area contributed by atoms with Gasteiger partial charge in [0.1, 0.15) is 0 Å². The largest absolute Gasteiger partial charge is 0.416 e. The fourth-order valence-electron chi connectivity index (χ4n) is 2.97. The zero-order chi connectivity index (χ0) is 18.8. The van der Waals surface area contributed by atoms with E-state index < -0.39 is 35.0 Å². The quantitative estimate of drug-likeness (QED) is 0.824. The van der Waals surface area contributed by atoms with Crippen molar-refractivity contribution < 1.29 is 31.1 Å². The van der Waals surface area contributed by atoms with Gasteiger partial charge in [-0.3, -0.25) is 4.79 Å². The maximum atomic E-state index is 12.9. The summed E-state index contributed by atoms with van der Waals surface area (Å²) in [7, 11) is 1.74. The third-order valence-corrected chi connectivity index (χ3v) is 4.13. The molecule has 1 aromatic carbocycles. The highest BCUT2D eigenvalue weighted by Crippen LogP contribution is 2.36. The van der Waals surface area contributed by atoms with Crippen LogP contribution >= 0.6 is 0 Å². The van der Waals surface area contributed by atoms with Gasteiger partial charge in [-0.05, 0) is 50.6 Å². The Balaban J connectivity index is 2.35. The molecule has 1 aliphatic rings. The molecule has 1 unspecified atom stereocenters. The van der Waals surface area contributed by atoms with Crippen LogP contribution in [0.1, 0.15) is 34.3 Å². The molecule has 0 aliphatic carbocycles. The number of hydrogen-bond acceptors (Lipinski definition) is 2. The number of amides is 1. The Bertz CT molecular complexity index is 592. The minimum atomic E-state index is -4.97. The van der Waals surface area contributed by atoms with Gasteiger partial charge in [0.05, 0.1) is 11.1 Å². The van der Waals surface area contributed by atoms with Gasteiger partial charge in [0, 0.05) is 18.7 Å². The number of nitrogens with one attached hydrogen (secondary N) is 1. The first-order valence-corrected chi connectivity index (χ1v) is 7.75. The number of rotatable bonds is 3. The van der Waals surface area contributed by atoms with Crippen LogP contribution in [-0.2, 0) is 12.4 Å². The summed E-state index contributed by atoms with van der Waals surface area (Å²) in [6, 6.07) is 0.995. The molecule has 0 aromatic heterocycles. The Hall–Kier alpha value is -1.77. The third-order valence-electron chi connectivity index (χ3n) is 4.13. The molecular weight excluding hydrogens is 350 g/mol. The van der Waals surface area contributed by atoms with E-state index in [-0.39, 0.29) is 12.0 Å². The van der Waals surface area contributed by atoms with Crippen LogP contribution in [0.2, 0.25) is 0 Å². The van der Waals surface area contributed by atoms with Gasteiger partial charge in [0.2, 0.25) is 0 Å². The van der Waals surface area contributed by atoms with Gasteiger partial charge in [-0.25, -0.2) is 0 Å². The minimum Gasteiger partial charge on any atom is -0.338 e. The number of benzene rings is 1. The SMILES string of the molecule is CNCC1CCCN(C(=O)c2cc(C(F)(F)F)cc(C(F)(F)F)c2)C1. The van der Waals surface area contributed by atoms with Crippen molar-refractivity contribution in [1.82, 2.24) is 10.2 Å². The van der Waals surface area contributed by atoms with Crippen LogP contribution in [0.5, 0.6) is 0 Å². The Morgan fingerprint density at radius 3 is 2.16 bits per heavy atom. The fraction of sp³-hybridized carbons (Fsp3) is 0.562. The van der Waals surface area contributed by atoms with Crippen LogP contribution in [0.3, 0.4) is 0 Å². The number of alkyl halides is 6. The molecule has 2 rings (SSSR count). The van der Waals surface area contributed by atoms with Gasteiger partial charge in [0.15, 0.2) is 0 Å². The number of likely N-dealkylation sites (tertiary alicyclic amines) is 1. The molecule has 1 N–H and O–H groups in total. The predicted molar refractivity (Wildman–Crippen MR) is 79.0 cm³/mol. The summed E-state index contributed by atoms with van der Waals surface area (Å²) in [5.74, 6) is -0.687. The number of piperidine rings is 1. The highest BCUT2D eigenvalue weighted by molar-refractivity contribution is 5.94. The molecule has 1 saturated heterocycles. The van der Waals surface area contributed by atoms with E-state index in [0.717, 1.165) is 6.42 Å². The lowest BCUT2D eigenvalue weighted by atomic mass is 9.96. The summed E-state index contributed by atoms with van der Waals surface area (Å²) in [5.41, 5.74) is -3.55. The first-order chi connectivity index (χ1) is 11.5. The van der Waals surface area contributed by atoms with Gasteiger partial charge >= 0.3 is 12.4 Å². The van der Waals surface area contributed by atoms with E-state index in [1.54, 1.807) is 7.05 Å². The van der Waals surface area contributed by atoms with Crippen LogP contribution in [0.25, 0.3) is 0 Å². The molecule has 1 heterocycles. The van der Waals surface area contributed by atoms with Crippen molar-refractivity contribution in [3.05, 3.63) is 34.9 Å². The van der Waals surface area contributed by atoms with Gasteiger partial charge in [-0.1, -0.05) is 0 Å².